The highest BCUT2D eigenvalue weighted by Gasteiger charge is 2.28. The summed E-state index contributed by atoms with van der Waals surface area (Å²) in [5.74, 6) is 0. The van der Waals surface area contributed by atoms with Crippen molar-refractivity contribution < 1.29 is 0 Å². The summed E-state index contributed by atoms with van der Waals surface area (Å²) < 4.78 is 0. The first-order valence-corrected chi connectivity index (χ1v) is 22.6. The van der Waals surface area contributed by atoms with Gasteiger partial charge in [-0.1, -0.05) is 146 Å². The smallest absolute Gasteiger partial charge is 0.205 e. The molecule has 0 aliphatic carbocycles. The van der Waals surface area contributed by atoms with Crippen LogP contribution in [0.3, 0.4) is 0 Å². The van der Waals surface area contributed by atoms with Crippen LogP contribution in [0.15, 0.2) is 255 Å². The Bertz CT molecular complexity index is 2960. The van der Waals surface area contributed by atoms with Crippen molar-refractivity contribution in [1.29, 1.82) is 10.5 Å². The van der Waals surface area contributed by atoms with Crippen molar-refractivity contribution in [2.45, 2.75) is 0 Å². The quantitative estimate of drug-likeness (QED) is 0.114. The number of benzene rings is 10. The number of rotatable bonds is 12. The lowest BCUT2D eigenvalue weighted by Crippen LogP contribution is -2.10. The highest BCUT2D eigenvalue weighted by atomic mass is 15.2. The van der Waals surface area contributed by atoms with E-state index >= 15 is 0 Å². The van der Waals surface area contributed by atoms with Crippen molar-refractivity contribution in [2.75, 3.05) is 14.7 Å². The van der Waals surface area contributed by atoms with Crippen LogP contribution in [0.25, 0.3) is 38.2 Å². The first-order valence-electron chi connectivity index (χ1n) is 22.6. The lowest BCUT2D eigenvalue weighted by molar-refractivity contribution is 1.28. The van der Waals surface area contributed by atoms with Crippen LogP contribution in [-0.4, -0.2) is 0 Å². The summed E-state index contributed by atoms with van der Waals surface area (Å²) in [6.07, 6.45) is 0. The zero-order chi connectivity index (χ0) is 46.9. The summed E-state index contributed by atoms with van der Waals surface area (Å²) in [4.78, 5) is 10.7. The Kier molecular flexibility index (Phi) is 12.3. The molecule has 10 aromatic rings. The molecular weight excluding hydrogens is 841 g/mol. The molecule has 10 aromatic carbocycles. The molecule has 6 nitrogen and oxygen atoms in total. The molecule has 0 atom stereocenters. The molecule has 0 heterocycles. The number of para-hydroxylation sites is 6. The lowest BCUT2D eigenvalue weighted by Gasteiger charge is -2.26. The van der Waals surface area contributed by atoms with E-state index in [-0.39, 0.29) is 16.8 Å². The van der Waals surface area contributed by atoms with Gasteiger partial charge in [0, 0.05) is 67.9 Å². The maximum atomic E-state index is 11.3. The molecule has 0 saturated heterocycles. The molecule has 0 aromatic heterocycles. The van der Waals surface area contributed by atoms with Crippen molar-refractivity contribution in [3.63, 3.8) is 0 Å². The van der Waals surface area contributed by atoms with E-state index in [0.717, 1.165) is 51.2 Å². The third-order valence-corrected chi connectivity index (χ3v) is 12.1. The molecule has 324 valence electrons. The summed E-state index contributed by atoms with van der Waals surface area (Å²) in [6, 6.07) is 90.0. The van der Waals surface area contributed by atoms with Crippen LogP contribution >= 0.6 is 0 Å². The first kappa shape index (κ1) is 43.0. The number of nitrogens with zero attached hydrogens (tertiary/aromatic N) is 6. The molecule has 10 rings (SSSR count). The van der Waals surface area contributed by atoms with Crippen LogP contribution in [0.1, 0.15) is 11.1 Å². The second-order valence-electron chi connectivity index (χ2n) is 16.2. The fourth-order valence-corrected chi connectivity index (χ4v) is 9.06. The van der Waals surface area contributed by atoms with Crippen LogP contribution in [0.2, 0.25) is 0 Å². The molecule has 69 heavy (non-hydrogen) atoms. The molecule has 0 radical (unpaired) electrons. The molecule has 0 bridgehead atoms. The average Bonchev–Trinajstić information content (AvgIpc) is 3.43. The maximum Gasteiger partial charge on any atom is 0.205 e. The van der Waals surface area contributed by atoms with E-state index in [1.54, 1.807) is 0 Å². The third kappa shape index (κ3) is 8.56. The Morgan fingerprint density at radius 2 is 0.478 bits per heavy atom. The van der Waals surface area contributed by atoms with E-state index < -0.39 is 0 Å². The van der Waals surface area contributed by atoms with Gasteiger partial charge in [-0.15, -0.1) is 0 Å². The van der Waals surface area contributed by atoms with Crippen molar-refractivity contribution in [1.82, 2.24) is 0 Å². The maximum absolute atomic E-state index is 11.3. The predicted octanol–water partition coefficient (Wildman–Crippen LogP) is 17.4. The molecule has 0 amide bonds. The zero-order valence-corrected chi connectivity index (χ0v) is 37.4. The molecule has 0 aliphatic rings. The Morgan fingerprint density at radius 1 is 0.275 bits per heavy atom. The SMILES string of the molecule is [C-]#[N+]c1c(-c2ccc(N(c3ccccc3)c3ccccc3)cc2)c(C#N)c(-c2ccc(N(c3ccccc3)c3ccccc3)cc2)c(C#N)c1-c1ccc(N(c2ccccc2)c2ccccc2)cc1. The minimum absolute atomic E-state index is 0.231. The standard InChI is InChI=1S/C63H42N6/c1-66-63-61(47-34-40-56(41-35-47)68(51-24-12-4-13-25-51)52-26-14-5-15-27-52)58(44-64)60(46-32-38-55(39-33-46)67(49-20-8-2-9-21-49)50-22-10-3-11-23-50)59(45-65)62(63)48-36-42-57(43-37-48)69(53-28-16-6-17-29-53)54-30-18-7-19-31-54/h2-43H. The van der Waals surface area contributed by atoms with E-state index in [9.17, 15) is 10.5 Å². The summed E-state index contributed by atoms with van der Waals surface area (Å²) in [5.41, 5.74) is 12.8. The van der Waals surface area contributed by atoms with Gasteiger partial charge in [0.05, 0.1) is 29.8 Å². The number of anilines is 9. The molecule has 0 aliphatic heterocycles. The van der Waals surface area contributed by atoms with Crippen LogP contribution in [0.4, 0.5) is 56.9 Å². The summed E-state index contributed by atoms with van der Waals surface area (Å²) in [6.45, 7) is 8.84. The van der Waals surface area contributed by atoms with Gasteiger partial charge in [0.15, 0.2) is 0 Å². The molecule has 0 spiro atoms. The van der Waals surface area contributed by atoms with Crippen molar-refractivity contribution in [3.05, 3.63) is 277 Å². The minimum Gasteiger partial charge on any atom is -0.311 e. The van der Waals surface area contributed by atoms with Gasteiger partial charge in [-0.05, 0) is 126 Å². The number of nitriles is 2. The Labute approximate surface area is 403 Å². The Balaban J connectivity index is 1.17. The molecule has 0 fully saturated rings. The molecule has 0 unspecified atom stereocenters. The second kappa shape index (κ2) is 19.7. The lowest BCUT2D eigenvalue weighted by atomic mass is 9.82. The van der Waals surface area contributed by atoms with Crippen molar-refractivity contribution >= 4 is 56.9 Å². The molecule has 6 heteroatoms. The van der Waals surface area contributed by atoms with Crippen molar-refractivity contribution in [2.24, 2.45) is 0 Å². The van der Waals surface area contributed by atoms with Gasteiger partial charge < -0.3 is 14.7 Å². The molecular formula is C63H42N6. The largest absolute Gasteiger partial charge is 0.311 e. The van der Waals surface area contributed by atoms with E-state index in [2.05, 4.69) is 104 Å². The van der Waals surface area contributed by atoms with E-state index in [1.807, 2.05) is 182 Å². The fraction of sp³-hybridized carbons (Fsp3) is 0. The van der Waals surface area contributed by atoms with Crippen LogP contribution in [0, 0.1) is 29.2 Å². The zero-order valence-electron chi connectivity index (χ0n) is 37.4. The van der Waals surface area contributed by atoms with Gasteiger partial charge in [-0.2, -0.15) is 10.5 Å². The van der Waals surface area contributed by atoms with E-state index in [4.69, 9.17) is 6.57 Å². The molecule has 0 saturated carbocycles. The normalized spacial score (nSPS) is 10.6. The van der Waals surface area contributed by atoms with Gasteiger partial charge in [0.25, 0.3) is 0 Å². The highest BCUT2D eigenvalue weighted by Crippen LogP contribution is 2.50. The van der Waals surface area contributed by atoms with Crippen LogP contribution in [-0.2, 0) is 0 Å². The van der Waals surface area contributed by atoms with Crippen LogP contribution < -0.4 is 14.7 Å². The summed E-state index contributed by atoms with van der Waals surface area (Å²) >= 11 is 0. The van der Waals surface area contributed by atoms with Crippen molar-refractivity contribution in [3.8, 4) is 45.5 Å². The van der Waals surface area contributed by atoms with Gasteiger partial charge in [0.2, 0.25) is 5.69 Å². The van der Waals surface area contributed by atoms with Gasteiger partial charge in [-0.25, -0.2) is 4.85 Å². The monoisotopic (exact) mass is 882 g/mol. The summed E-state index contributed by atoms with van der Waals surface area (Å²) in [7, 11) is 0. The Hall–Kier alpha value is -9.93. The third-order valence-electron chi connectivity index (χ3n) is 12.1. The van der Waals surface area contributed by atoms with Crippen LogP contribution in [0.5, 0.6) is 0 Å². The predicted molar refractivity (Wildman–Crippen MR) is 282 cm³/mol. The van der Waals surface area contributed by atoms with Gasteiger partial charge in [-0.3, -0.25) is 0 Å². The number of hydrogen-bond acceptors (Lipinski definition) is 5. The fourth-order valence-electron chi connectivity index (χ4n) is 9.06. The summed E-state index contributed by atoms with van der Waals surface area (Å²) in [5, 5.41) is 22.7. The molecule has 0 N–H and O–H groups in total. The first-order chi connectivity index (χ1) is 34.1. The second-order valence-corrected chi connectivity index (χ2v) is 16.2. The van der Waals surface area contributed by atoms with E-state index in [0.29, 0.717) is 33.4 Å². The van der Waals surface area contributed by atoms with Gasteiger partial charge >= 0.3 is 0 Å². The minimum atomic E-state index is 0.231. The number of hydrogen-bond donors (Lipinski definition) is 0. The highest BCUT2D eigenvalue weighted by molar-refractivity contribution is 6.04. The topological polar surface area (TPSA) is 61.7 Å². The average molecular weight is 883 g/mol. The van der Waals surface area contributed by atoms with Gasteiger partial charge in [0.1, 0.15) is 0 Å². The van der Waals surface area contributed by atoms with E-state index in [1.165, 1.54) is 0 Å². The Morgan fingerprint density at radius 3 is 0.681 bits per heavy atom.